The van der Waals surface area contributed by atoms with Crippen molar-refractivity contribution in [3.63, 3.8) is 0 Å². The zero-order chi connectivity index (χ0) is 24.3. The van der Waals surface area contributed by atoms with Crippen LogP contribution in [0, 0.1) is 5.82 Å². The molecular formula is C27H30FN3O3. The van der Waals surface area contributed by atoms with Crippen LogP contribution in [-0.4, -0.2) is 35.3 Å². The minimum atomic E-state index is -0.985. The van der Waals surface area contributed by atoms with Gasteiger partial charge in [0.05, 0.1) is 23.7 Å². The lowest BCUT2D eigenvalue weighted by Crippen LogP contribution is -2.44. The van der Waals surface area contributed by atoms with Crippen LogP contribution in [0.25, 0.3) is 0 Å². The van der Waals surface area contributed by atoms with Crippen LogP contribution in [0.4, 0.5) is 10.1 Å². The Bertz CT molecular complexity index is 1170. The highest BCUT2D eigenvalue weighted by atomic mass is 19.1. The molecule has 1 aliphatic heterocycles. The number of hydrogen-bond donors (Lipinski definition) is 3. The standard InChI is InChI=1S/C27H30FN3O3/c1-17(18-8-6-9-19(14-18)27(2,3)26(32)33)15-31-24(20-10-4-5-11-21(20)28)23-16-30-22-12-7-13-29-25(22)34-23/h4-14,17,23-24,30-31H,15-16H2,1-3H3,(H,32,33)/t17-,23+,24+/m0/s1. The predicted octanol–water partition coefficient (Wildman–Crippen LogP) is 4.89. The zero-order valence-electron chi connectivity index (χ0n) is 19.6. The molecule has 0 spiro atoms. The van der Waals surface area contributed by atoms with Crippen LogP contribution >= 0.6 is 0 Å². The first kappa shape index (κ1) is 23.7. The maximum atomic E-state index is 14.8. The Morgan fingerprint density at radius 2 is 2.03 bits per heavy atom. The minimum Gasteiger partial charge on any atom is -0.481 e. The molecular weight excluding hydrogens is 433 g/mol. The molecule has 0 bridgehead atoms. The Hall–Kier alpha value is -3.45. The van der Waals surface area contributed by atoms with Crippen LogP contribution in [0.2, 0.25) is 0 Å². The molecule has 3 atom stereocenters. The van der Waals surface area contributed by atoms with Crippen molar-refractivity contribution >= 4 is 11.7 Å². The van der Waals surface area contributed by atoms with Crippen molar-refractivity contribution in [2.75, 3.05) is 18.4 Å². The average Bonchev–Trinajstić information content (AvgIpc) is 2.85. The number of aromatic nitrogens is 1. The lowest BCUT2D eigenvalue weighted by atomic mass is 9.83. The van der Waals surface area contributed by atoms with Crippen LogP contribution < -0.4 is 15.4 Å². The highest BCUT2D eigenvalue weighted by molar-refractivity contribution is 5.80. The molecule has 2 heterocycles. The monoisotopic (exact) mass is 463 g/mol. The molecule has 1 aromatic heterocycles. The summed E-state index contributed by atoms with van der Waals surface area (Å²) in [5, 5.41) is 16.4. The average molecular weight is 464 g/mol. The summed E-state index contributed by atoms with van der Waals surface area (Å²) in [7, 11) is 0. The SMILES string of the molecule is C[C@@H](CN[C@H](c1ccccc1F)[C@H]1CNc2cccnc2O1)c1cccc(C(C)(C)C(=O)O)c1. The van der Waals surface area contributed by atoms with E-state index in [1.54, 1.807) is 32.2 Å². The molecule has 178 valence electrons. The fraction of sp³-hybridized carbons (Fsp3) is 0.333. The van der Waals surface area contributed by atoms with Crippen molar-refractivity contribution in [1.29, 1.82) is 0 Å². The van der Waals surface area contributed by atoms with Crippen molar-refractivity contribution < 1.29 is 19.0 Å². The number of halogens is 1. The molecule has 7 heteroatoms. The minimum absolute atomic E-state index is 0.0563. The van der Waals surface area contributed by atoms with Gasteiger partial charge in [-0.1, -0.05) is 49.4 Å². The number of ether oxygens (including phenoxy) is 1. The van der Waals surface area contributed by atoms with Gasteiger partial charge in [0.15, 0.2) is 0 Å². The molecule has 0 saturated heterocycles. The third kappa shape index (κ3) is 4.89. The number of pyridine rings is 1. The summed E-state index contributed by atoms with van der Waals surface area (Å²) >= 11 is 0. The Labute approximate surface area is 199 Å². The first-order chi connectivity index (χ1) is 16.3. The van der Waals surface area contributed by atoms with E-state index < -0.39 is 17.4 Å². The van der Waals surface area contributed by atoms with Crippen molar-refractivity contribution in [1.82, 2.24) is 10.3 Å². The number of aliphatic carboxylic acids is 1. The Morgan fingerprint density at radius 3 is 2.79 bits per heavy atom. The van der Waals surface area contributed by atoms with Gasteiger partial charge in [-0.15, -0.1) is 0 Å². The molecule has 3 aromatic rings. The third-order valence-corrected chi connectivity index (χ3v) is 6.50. The molecule has 0 unspecified atom stereocenters. The number of carboxylic acids is 1. The fourth-order valence-corrected chi connectivity index (χ4v) is 4.15. The first-order valence-corrected chi connectivity index (χ1v) is 11.4. The molecule has 3 N–H and O–H groups in total. The Kier molecular flexibility index (Phi) is 6.84. The van der Waals surface area contributed by atoms with E-state index in [0.29, 0.717) is 24.5 Å². The molecule has 2 aromatic carbocycles. The zero-order valence-corrected chi connectivity index (χ0v) is 19.6. The molecule has 0 amide bonds. The lowest BCUT2D eigenvalue weighted by Gasteiger charge is -2.34. The summed E-state index contributed by atoms with van der Waals surface area (Å²) in [6, 6.07) is 17.7. The van der Waals surface area contributed by atoms with E-state index in [1.165, 1.54) is 6.07 Å². The summed E-state index contributed by atoms with van der Waals surface area (Å²) < 4.78 is 21.0. The topological polar surface area (TPSA) is 83.5 Å². The highest BCUT2D eigenvalue weighted by Gasteiger charge is 2.32. The predicted molar refractivity (Wildman–Crippen MR) is 130 cm³/mol. The van der Waals surface area contributed by atoms with Gasteiger partial charge >= 0.3 is 5.97 Å². The second kappa shape index (κ2) is 9.81. The number of anilines is 1. The summed E-state index contributed by atoms with van der Waals surface area (Å²) in [6.45, 7) is 6.51. The van der Waals surface area contributed by atoms with Gasteiger partial charge in [0, 0.05) is 18.3 Å². The highest BCUT2D eigenvalue weighted by Crippen LogP contribution is 2.32. The molecule has 34 heavy (non-hydrogen) atoms. The van der Waals surface area contributed by atoms with E-state index in [1.807, 2.05) is 42.5 Å². The molecule has 0 aliphatic carbocycles. The number of fused-ring (bicyclic) bond motifs is 1. The maximum Gasteiger partial charge on any atom is 0.313 e. The van der Waals surface area contributed by atoms with Gasteiger partial charge in [-0.3, -0.25) is 4.79 Å². The van der Waals surface area contributed by atoms with Gasteiger partial charge < -0.3 is 20.5 Å². The van der Waals surface area contributed by atoms with Gasteiger partial charge in [-0.2, -0.15) is 0 Å². The number of nitrogens with zero attached hydrogens (tertiary/aromatic N) is 1. The summed E-state index contributed by atoms with van der Waals surface area (Å²) in [5.74, 6) is -0.613. The number of rotatable bonds is 8. The number of nitrogens with one attached hydrogen (secondary N) is 2. The van der Waals surface area contributed by atoms with E-state index in [9.17, 15) is 14.3 Å². The normalized spacial score (nSPS) is 17.1. The second-order valence-corrected chi connectivity index (χ2v) is 9.26. The summed E-state index contributed by atoms with van der Waals surface area (Å²) in [6.07, 6.45) is 1.30. The Morgan fingerprint density at radius 1 is 1.24 bits per heavy atom. The summed E-state index contributed by atoms with van der Waals surface area (Å²) in [5.41, 5.74) is 2.12. The van der Waals surface area contributed by atoms with E-state index in [-0.39, 0.29) is 17.8 Å². The van der Waals surface area contributed by atoms with Crippen LogP contribution in [0.3, 0.4) is 0 Å². The van der Waals surface area contributed by atoms with Crippen LogP contribution in [-0.2, 0) is 10.2 Å². The van der Waals surface area contributed by atoms with E-state index in [2.05, 4.69) is 22.5 Å². The fourth-order valence-electron chi connectivity index (χ4n) is 4.15. The van der Waals surface area contributed by atoms with Gasteiger partial charge in [-0.25, -0.2) is 9.37 Å². The second-order valence-electron chi connectivity index (χ2n) is 9.26. The molecule has 6 nitrogen and oxygen atoms in total. The van der Waals surface area contributed by atoms with Crippen LogP contribution in [0.1, 0.15) is 49.4 Å². The first-order valence-electron chi connectivity index (χ1n) is 11.4. The molecule has 1 aliphatic rings. The molecule has 0 fully saturated rings. The summed E-state index contributed by atoms with van der Waals surface area (Å²) in [4.78, 5) is 16.0. The van der Waals surface area contributed by atoms with Crippen molar-refractivity contribution in [2.24, 2.45) is 0 Å². The molecule has 0 radical (unpaired) electrons. The maximum absolute atomic E-state index is 14.8. The third-order valence-electron chi connectivity index (χ3n) is 6.50. The van der Waals surface area contributed by atoms with E-state index in [4.69, 9.17) is 4.74 Å². The van der Waals surface area contributed by atoms with Gasteiger partial charge in [0.2, 0.25) is 5.88 Å². The number of carboxylic acid groups (broad SMARTS) is 1. The largest absolute Gasteiger partial charge is 0.481 e. The van der Waals surface area contributed by atoms with E-state index >= 15 is 0 Å². The van der Waals surface area contributed by atoms with Gasteiger partial charge in [0.25, 0.3) is 0 Å². The number of benzene rings is 2. The van der Waals surface area contributed by atoms with Crippen LogP contribution in [0.15, 0.2) is 66.9 Å². The van der Waals surface area contributed by atoms with Crippen molar-refractivity contribution in [3.05, 3.63) is 89.4 Å². The Balaban J connectivity index is 1.55. The van der Waals surface area contributed by atoms with Crippen molar-refractivity contribution in [3.8, 4) is 5.88 Å². The molecule has 0 saturated carbocycles. The van der Waals surface area contributed by atoms with E-state index in [0.717, 1.165) is 16.8 Å². The van der Waals surface area contributed by atoms with Gasteiger partial charge in [-0.05, 0) is 49.1 Å². The number of carbonyl (C=O) groups is 1. The van der Waals surface area contributed by atoms with Gasteiger partial charge in [0.1, 0.15) is 11.9 Å². The quantitative estimate of drug-likeness (QED) is 0.441. The van der Waals surface area contributed by atoms with Crippen molar-refractivity contribution in [2.45, 2.75) is 44.2 Å². The molecule has 4 rings (SSSR count). The lowest BCUT2D eigenvalue weighted by molar-refractivity contribution is -0.142. The van der Waals surface area contributed by atoms with Crippen LogP contribution in [0.5, 0.6) is 5.88 Å². The smallest absolute Gasteiger partial charge is 0.313 e. The number of hydrogen-bond acceptors (Lipinski definition) is 5.